The van der Waals surface area contributed by atoms with Gasteiger partial charge < -0.3 is 19.4 Å². The normalized spacial score (nSPS) is 13.3. The third kappa shape index (κ3) is 4.41. The molecule has 1 aliphatic rings. The highest BCUT2D eigenvalue weighted by Gasteiger charge is 2.23. The van der Waals surface area contributed by atoms with Gasteiger partial charge in [0.1, 0.15) is 0 Å². The van der Waals surface area contributed by atoms with Crippen molar-refractivity contribution in [3.8, 4) is 11.5 Å². The lowest BCUT2D eigenvalue weighted by Gasteiger charge is -2.18. The number of ether oxygens (including phenoxy) is 2. The number of carbonyl (C=O) groups is 1. The summed E-state index contributed by atoms with van der Waals surface area (Å²) in [6, 6.07) is 21.9. The van der Waals surface area contributed by atoms with Crippen LogP contribution < -0.4 is 14.8 Å². The fourth-order valence-corrected chi connectivity index (χ4v) is 4.65. The van der Waals surface area contributed by atoms with Crippen LogP contribution in [0.1, 0.15) is 36.0 Å². The van der Waals surface area contributed by atoms with Crippen molar-refractivity contribution in [1.82, 2.24) is 9.88 Å². The van der Waals surface area contributed by atoms with E-state index in [1.165, 1.54) is 5.52 Å². The van der Waals surface area contributed by atoms with Crippen molar-refractivity contribution in [2.45, 2.75) is 32.4 Å². The van der Waals surface area contributed by atoms with E-state index in [2.05, 4.69) is 35.1 Å². The Balaban J connectivity index is 1.41. The second-order valence-electron chi connectivity index (χ2n) is 8.16. The summed E-state index contributed by atoms with van der Waals surface area (Å²) < 4.78 is 13.0. The van der Waals surface area contributed by atoms with Crippen LogP contribution in [0.15, 0.2) is 72.9 Å². The molecule has 3 aromatic carbocycles. The Hall–Kier alpha value is -3.44. The zero-order valence-electron chi connectivity index (χ0n) is 18.4. The molecule has 0 spiro atoms. The highest BCUT2D eigenvalue weighted by atomic mass is 35.5. The maximum atomic E-state index is 13.1. The molecule has 0 saturated heterocycles. The molecule has 1 aliphatic heterocycles. The molecule has 0 radical (unpaired) electrons. The molecule has 5 nitrogen and oxygen atoms in total. The van der Waals surface area contributed by atoms with Crippen LogP contribution in [-0.2, 0) is 17.9 Å². The molecule has 168 valence electrons. The Morgan fingerprint density at radius 2 is 1.91 bits per heavy atom. The highest BCUT2D eigenvalue weighted by Crippen LogP contribution is 2.36. The first-order valence-corrected chi connectivity index (χ1v) is 11.5. The number of nitrogens with one attached hydrogen (secondary N) is 1. The number of aromatic nitrogens is 1. The summed E-state index contributed by atoms with van der Waals surface area (Å²) in [6.45, 7) is 3.65. The van der Waals surface area contributed by atoms with Crippen molar-refractivity contribution < 1.29 is 14.3 Å². The summed E-state index contributed by atoms with van der Waals surface area (Å²) in [5.41, 5.74) is 4.30. The minimum Gasteiger partial charge on any atom is -0.454 e. The number of rotatable bonds is 7. The van der Waals surface area contributed by atoms with Gasteiger partial charge in [0.25, 0.3) is 0 Å². The van der Waals surface area contributed by atoms with Crippen molar-refractivity contribution in [2.24, 2.45) is 0 Å². The first-order valence-electron chi connectivity index (χ1n) is 11.1. The largest absolute Gasteiger partial charge is 0.454 e. The van der Waals surface area contributed by atoms with Gasteiger partial charge in [0.05, 0.1) is 0 Å². The summed E-state index contributed by atoms with van der Waals surface area (Å²) in [6.07, 6.45) is 2.49. The number of para-hydroxylation sites is 1. The van der Waals surface area contributed by atoms with E-state index in [1.54, 1.807) is 0 Å². The quantitative estimate of drug-likeness (QED) is 0.374. The molecule has 1 amide bonds. The van der Waals surface area contributed by atoms with E-state index in [4.69, 9.17) is 21.1 Å². The number of hydrogen-bond donors (Lipinski definition) is 1. The Morgan fingerprint density at radius 3 is 2.76 bits per heavy atom. The van der Waals surface area contributed by atoms with E-state index in [9.17, 15) is 4.79 Å². The van der Waals surface area contributed by atoms with Gasteiger partial charge in [-0.3, -0.25) is 4.79 Å². The van der Waals surface area contributed by atoms with Crippen LogP contribution in [0.2, 0.25) is 5.02 Å². The maximum absolute atomic E-state index is 13.1. The van der Waals surface area contributed by atoms with Gasteiger partial charge in [-0.25, -0.2) is 0 Å². The van der Waals surface area contributed by atoms with Gasteiger partial charge in [-0.15, -0.1) is 0 Å². The number of amides is 1. The van der Waals surface area contributed by atoms with Crippen LogP contribution in [-0.4, -0.2) is 17.3 Å². The molecule has 1 aromatic heterocycles. The minimum absolute atomic E-state index is 0.0222. The van der Waals surface area contributed by atoms with E-state index >= 15 is 0 Å². The van der Waals surface area contributed by atoms with Crippen LogP contribution in [0.3, 0.4) is 0 Å². The average Bonchev–Trinajstić information content (AvgIpc) is 3.45. The lowest BCUT2D eigenvalue weighted by molar-refractivity contribution is -0.121. The van der Waals surface area contributed by atoms with Gasteiger partial charge in [0.15, 0.2) is 11.5 Å². The highest BCUT2D eigenvalue weighted by molar-refractivity contribution is 6.30. The van der Waals surface area contributed by atoms with Crippen LogP contribution in [0.4, 0.5) is 0 Å². The Kier molecular flexibility index (Phi) is 5.97. The second-order valence-corrected chi connectivity index (χ2v) is 8.60. The van der Waals surface area contributed by atoms with Gasteiger partial charge >= 0.3 is 0 Å². The Bertz CT molecular complexity index is 1310. The number of nitrogens with zero attached hydrogens (tertiary/aromatic N) is 1. The SMILES string of the molecule is CCn1cc([C@H](CC(=O)NCc2ccc3c(c2)OCO3)c2cccc(Cl)c2)c2ccccc21. The number of benzene rings is 3. The molecule has 0 bridgehead atoms. The predicted molar refractivity (Wildman–Crippen MR) is 130 cm³/mol. The molecule has 2 heterocycles. The monoisotopic (exact) mass is 460 g/mol. The van der Waals surface area contributed by atoms with Crippen molar-refractivity contribution in [1.29, 1.82) is 0 Å². The summed E-state index contributed by atoms with van der Waals surface area (Å²) in [5, 5.41) is 4.89. The standard InChI is InChI=1S/C27H25ClN2O3/c1-2-30-16-23(21-8-3-4-9-24(21)30)22(19-6-5-7-20(28)13-19)14-27(31)29-15-18-10-11-25-26(12-18)33-17-32-25/h3-13,16,22H,2,14-15,17H2,1H3,(H,29,31)/t22-/m1/s1. The zero-order chi connectivity index (χ0) is 22.8. The van der Waals surface area contributed by atoms with E-state index < -0.39 is 0 Å². The fourth-order valence-electron chi connectivity index (χ4n) is 4.45. The summed E-state index contributed by atoms with van der Waals surface area (Å²) in [4.78, 5) is 13.1. The molecule has 1 atom stereocenters. The molecule has 33 heavy (non-hydrogen) atoms. The average molecular weight is 461 g/mol. The van der Waals surface area contributed by atoms with Gasteiger partial charge in [0, 0.05) is 47.6 Å². The van der Waals surface area contributed by atoms with Gasteiger partial charge in [0.2, 0.25) is 12.7 Å². The second kappa shape index (κ2) is 9.20. The lowest BCUT2D eigenvalue weighted by Crippen LogP contribution is -2.25. The van der Waals surface area contributed by atoms with Crippen molar-refractivity contribution in [3.63, 3.8) is 0 Å². The third-order valence-electron chi connectivity index (χ3n) is 6.10. The molecular formula is C27H25ClN2O3. The number of hydrogen-bond acceptors (Lipinski definition) is 3. The Morgan fingerprint density at radius 1 is 1.06 bits per heavy atom. The van der Waals surface area contributed by atoms with E-state index in [0.29, 0.717) is 23.7 Å². The van der Waals surface area contributed by atoms with Gasteiger partial charge in [-0.05, 0) is 53.9 Å². The number of aryl methyl sites for hydroxylation is 1. The molecule has 1 N–H and O–H groups in total. The smallest absolute Gasteiger partial charge is 0.231 e. The molecule has 6 heteroatoms. The molecule has 5 rings (SSSR count). The third-order valence-corrected chi connectivity index (χ3v) is 6.34. The van der Waals surface area contributed by atoms with E-state index in [1.807, 2.05) is 54.6 Å². The van der Waals surface area contributed by atoms with Crippen molar-refractivity contribution in [3.05, 3.63) is 94.6 Å². The van der Waals surface area contributed by atoms with Crippen molar-refractivity contribution >= 4 is 28.4 Å². The first-order chi connectivity index (χ1) is 16.1. The molecule has 0 fully saturated rings. The number of fused-ring (bicyclic) bond motifs is 2. The topological polar surface area (TPSA) is 52.5 Å². The summed E-state index contributed by atoms with van der Waals surface area (Å²) >= 11 is 6.32. The molecule has 0 unspecified atom stereocenters. The van der Waals surface area contributed by atoms with E-state index in [0.717, 1.165) is 34.4 Å². The van der Waals surface area contributed by atoms with Crippen LogP contribution >= 0.6 is 11.6 Å². The van der Waals surface area contributed by atoms with Gasteiger partial charge in [-0.2, -0.15) is 0 Å². The van der Waals surface area contributed by atoms with Crippen LogP contribution in [0.5, 0.6) is 11.5 Å². The Labute approximate surface area is 197 Å². The molecule has 4 aromatic rings. The predicted octanol–water partition coefficient (Wildman–Crippen LogP) is 5.88. The van der Waals surface area contributed by atoms with Crippen LogP contribution in [0, 0.1) is 0 Å². The lowest BCUT2D eigenvalue weighted by atomic mass is 9.88. The van der Waals surface area contributed by atoms with Gasteiger partial charge in [-0.1, -0.05) is 48.0 Å². The fraction of sp³-hybridized carbons (Fsp3) is 0.222. The number of carbonyl (C=O) groups excluding carboxylic acids is 1. The van der Waals surface area contributed by atoms with Crippen molar-refractivity contribution in [2.75, 3.05) is 6.79 Å². The van der Waals surface area contributed by atoms with E-state index in [-0.39, 0.29) is 18.6 Å². The first kappa shape index (κ1) is 21.4. The number of halogens is 1. The molecule has 0 aliphatic carbocycles. The van der Waals surface area contributed by atoms with Crippen LogP contribution in [0.25, 0.3) is 10.9 Å². The zero-order valence-corrected chi connectivity index (χ0v) is 19.1. The summed E-state index contributed by atoms with van der Waals surface area (Å²) in [7, 11) is 0. The summed E-state index contributed by atoms with van der Waals surface area (Å²) in [5.74, 6) is 1.31. The molecule has 0 saturated carbocycles. The molecular weight excluding hydrogens is 436 g/mol. The maximum Gasteiger partial charge on any atom is 0.231 e. The minimum atomic E-state index is -0.113.